The van der Waals surface area contributed by atoms with Crippen LogP contribution in [0.25, 0.3) is 0 Å². The number of aryl methyl sites for hydroxylation is 1. The number of pyridine rings is 1. The fourth-order valence-corrected chi connectivity index (χ4v) is 2.63. The smallest absolute Gasteiger partial charge is 0.129 e. The van der Waals surface area contributed by atoms with E-state index < -0.39 is 0 Å². The Morgan fingerprint density at radius 1 is 0.826 bits per heavy atom. The highest BCUT2D eigenvalue weighted by Crippen LogP contribution is 2.20. The van der Waals surface area contributed by atoms with Crippen LogP contribution in [-0.4, -0.2) is 17.1 Å². The van der Waals surface area contributed by atoms with Gasteiger partial charge in [-0.3, -0.25) is 0 Å². The zero-order chi connectivity index (χ0) is 17.4. The zero-order valence-electron chi connectivity index (χ0n) is 16.2. The van der Waals surface area contributed by atoms with E-state index in [0.29, 0.717) is 12.1 Å². The van der Waals surface area contributed by atoms with Crippen LogP contribution >= 0.6 is 0 Å². The normalized spacial score (nSPS) is 14.1. The van der Waals surface area contributed by atoms with Crippen LogP contribution < -0.4 is 10.6 Å². The molecule has 0 fully saturated rings. The van der Waals surface area contributed by atoms with E-state index in [4.69, 9.17) is 0 Å². The molecule has 0 aromatic carbocycles. The lowest BCUT2D eigenvalue weighted by Gasteiger charge is -2.19. The van der Waals surface area contributed by atoms with Gasteiger partial charge in [0.15, 0.2) is 0 Å². The van der Waals surface area contributed by atoms with Gasteiger partial charge in [-0.25, -0.2) is 4.98 Å². The second kappa shape index (κ2) is 9.79. The Balaban J connectivity index is 2.53. The maximum Gasteiger partial charge on any atom is 0.129 e. The van der Waals surface area contributed by atoms with Crippen LogP contribution in [0.2, 0.25) is 0 Å². The quantitative estimate of drug-likeness (QED) is 0.567. The monoisotopic (exact) mass is 319 g/mol. The molecule has 1 aromatic heterocycles. The van der Waals surface area contributed by atoms with Crippen LogP contribution in [0.1, 0.15) is 72.8 Å². The van der Waals surface area contributed by atoms with Gasteiger partial charge in [0.1, 0.15) is 5.82 Å². The predicted octanol–water partition coefficient (Wildman–Crippen LogP) is 5.86. The van der Waals surface area contributed by atoms with Gasteiger partial charge in [0.2, 0.25) is 0 Å². The highest BCUT2D eigenvalue weighted by molar-refractivity contribution is 5.53. The number of hydrogen-bond donors (Lipinski definition) is 2. The average molecular weight is 320 g/mol. The Labute approximate surface area is 143 Å². The van der Waals surface area contributed by atoms with Crippen molar-refractivity contribution in [3.05, 3.63) is 17.8 Å². The lowest BCUT2D eigenvalue weighted by atomic mass is 10.0. The van der Waals surface area contributed by atoms with E-state index in [1.165, 1.54) is 31.2 Å². The molecule has 0 saturated heterocycles. The van der Waals surface area contributed by atoms with E-state index in [-0.39, 0.29) is 0 Å². The number of nitrogens with zero attached hydrogens (tertiary/aromatic N) is 1. The third kappa shape index (κ3) is 8.24. The van der Waals surface area contributed by atoms with E-state index in [1.807, 2.05) is 6.20 Å². The Morgan fingerprint density at radius 2 is 1.35 bits per heavy atom. The summed E-state index contributed by atoms with van der Waals surface area (Å²) >= 11 is 0. The van der Waals surface area contributed by atoms with Gasteiger partial charge in [-0.05, 0) is 69.9 Å². The van der Waals surface area contributed by atoms with Crippen LogP contribution in [0.5, 0.6) is 0 Å². The van der Waals surface area contributed by atoms with Crippen LogP contribution in [0.4, 0.5) is 11.5 Å². The molecule has 2 atom stereocenters. The Bertz CT molecular complexity index is 454. The maximum absolute atomic E-state index is 4.62. The summed E-state index contributed by atoms with van der Waals surface area (Å²) in [5, 5.41) is 7.12. The molecule has 132 valence electrons. The SMILES string of the molecule is Cc1cc(NC(C)CCC(C)C)cnc1NC(C)CCC(C)C. The summed E-state index contributed by atoms with van der Waals surface area (Å²) in [5.41, 5.74) is 2.33. The fourth-order valence-electron chi connectivity index (χ4n) is 2.63. The third-order valence-corrected chi connectivity index (χ3v) is 4.23. The van der Waals surface area contributed by atoms with Crippen molar-refractivity contribution in [1.29, 1.82) is 0 Å². The first-order valence-corrected chi connectivity index (χ1v) is 9.27. The van der Waals surface area contributed by atoms with E-state index in [9.17, 15) is 0 Å². The summed E-state index contributed by atoms with van der Waals surface area (Å²) in [6.45, 7) is 15.7. The molecule has 23 heavy (non-hydrogen) atoms. The number of nitrogens with one attached hydrogen (secondary N) is 2. The first-order valence-electron chi connectivity index (χ1n) is 9.27. The summed E-state index contributed by atoms with van der Waals surface area (Å²) in [6, 6.07) is 3.16. The van der Waals surface area contributed by atoms with E-state index in [2.05, 4.69) is 70.2 Å². The first kappa shape index (κ1) is 19.8. The molecule has 1 aromatic rings. The second-order valence-electron chi connectivity index (χ2n) is 7.92. The van der Waals surface area contributed by atoms with Gasteiger partial charge >= 0.3 is 0 Å². The van der Waals surface area contributed by atoms with Crippen molar-refractivity contribution in [1.82, 2.24) is 4.98 Å². The summed E-state index contributed by atoms with van der Waals surface area (Å²) in [7, 11) is 0. The topological polar surface area (TPSA) is 37.0 Å². The van der Waals surface area contributed by atoms with E-state index in [1.54, 1.807) is 0 Å². The lowest BCUT2D eigenvalue weighted by Crippen LogP contribution is -2.19. The van der Waals surface area contributed by atoms with Crippen LogP contribution in [0.15, 0.2) is 12.3 Å². The van der Waals surface area contributed by atoms with Gasteiger partial charge in [0.25, 0.3) is 0 Å². The molecule has 2 N–H and O–H groups in total. The molecule has 0 radical (unpaired) electrons. The zero-order valence-corrected chi connectivity index (χ0v) is 16.2. The van der Waals surface area contributed by atoms with E-state index >= 15 is 0 Å². The van der Waals surface area contributed by atoms with Crippen molar-refractivity contribution in [2.45, 2.75) is 86.2 Å². The number of rotatable bonds is 10. The summed E-state index contributed by atoms with van der Waals surface area (Å²) in [5.74, 6) is 2.53. The van der Waals surface area contributed by atoms with Crippen molar-refractivity contribution >= 4 is 11.5 Å². The fraction of sp³-hybridized carbons (Fsp3) is 0.750. The third-order valence-electron chi connectivity index (χ3n) is 4.23. The van der Waals surface area contributed by atoms with Gasteiger partial charge in [-0.2, -0.15) is 0 Å². The molecular weight excluding hydrogens is 282 g/mol. The highest BCUT2D eigenvalue weighted by atomic mass is 15.0. The number of anilines is 2. The average Bonchev–Trinajstić information content (AvgIpc) is 2.46. The summed E-state index contributed by atoms with van der Waals surface area (Å²) < 4.78 is 0. The van der Waals surface area contributed by atoms with Gasteiger partial charge in [0.05, 0.1) is 11.9 Å². The highest BCUT2D eigenvalue weighted by Gasteiger charge is 2.09. The Kier molecular flexibility index (Phi) is 8.43. The minimum atomic E-state index is 0.465. The standard InChI is InChI=1S/C20H37N3/c1-14(2)8-10-17(6)22-19-12-16(5)20(21-13-19)23-18(7)11-9-15(3)4/h12-15,17-18,22H,8-11H2,1-7H3,(H,21,23). The number of aromatic nitrogens is 1. The van der Waals surface area contributed by atoms with Gasteiger partial charge in [-0.15, -0.1) is 0 Å². The van der Waals surface area contributed by atoms with E-state index in [0.717, 1.165) is 23.3 Å². The molecule has 1 rings (SSSR count). The molecule has 3 heteroatoms. The molecule has 0 aliphatic rings. The molecular formula is C20H37N3. The maximum atomic E-state index is 4.62. The molecule has 0 saturated carbocycles. The minimum Gasteiger partial charge on any atom is -0.381 e. The molecule has 0 aliphatic carbocycles. The van der Waals surface area contributed by atoms with Crippen molar-refractivity contribution in [2.24, 2.45) is 11.8 Å². The number of hydrogen-bond acceptors (Lipinski definition) is 3. The molecule has 0 spiro atoms. The molecule has 3 nitrogen and oxygen atoms in total. The molecule has 0 bridgehead atoms. The molecule has 0 amide bonds. The van der Waals surface area contributed by atoms with Crippen LogP contribution in [0, 0.1) is 18.8 Å². The van der Waals surface area contributed by atoms with Gasteiger partial charge in [-0.1, -0.05) is 27.7 Å². The van der Waals surface area contributed by atoms with Crippen molar-refractivity contribution in [2.75, 3.05) is 10.6 Å². The van der Waals surface area contributed by atoms with Crippen molar-refractivity contribution in [3.63, 3.8) is 0 Å². The molecule has 2 unspecified atom stereocenters. The van der Waals surface area contributed by atoms with Crippen molar-refractivity contribution < 1.29 is 0 Å². The Hall–Kier alpha value is -1.25. The second-order valence-corrected chi connectivity index (χ2v) is 7.92. The van der Waals surface area contributed by atoms with Crippen LogP contribution in [-0.2, 0) is 0 Å². The van der Waals surface area contributed by atoms with Gasteiger partial charge in [0, 0.05) is 12.1 Å². The van der Waals surface area contributed by atoms with Crippen molar-refractivity contribution in [3.8, 4) is 0 Å². The summed E-state index contributed by atoms with van der Waals surface area (Å²) in [6.07, 6.45) is 6.85. The molecule has 1 heterocycles. The summed E-state index contributed by atoms with van der Waals surface area (Å²) in [4.78, 5) is 4.62. The first-order chi connectivity index (χ1) is 10.8. The predicted molar refractivity (Wildman–Crippen MR) is 103 cm³/mol. The minimum absolute atomic E-state index is 0.465. The van der Waals surface area contributed by atoms with Gasteiger partial charge < -0.3 is 10.6 Å². The largest absolute Gasteiger partial charge is 0.381 e. The lowest BCUT2D eigenvalue weighted by molar-refractivity contribution is 0.526. The molecule has 0 aliphatic heterocycles. The van der Waals surface area contributed by atoms with Crippen LogP contribution in [0.3, 0.4) is 0 Å². The Morgan fingerprint density at radius 3 is 1.83 bits per heavy atom.